The summed E-state index contributed by atoms with van der Waals surface area (Å²) in [5, 5.41) is 9.24. The maximum atomic E-state index is 5.39. The molecule has 4 nitrogen and oxygen atoms in total. The highest BCUT2D eigenvalue weighted by Crippen LogP contribution is 2.26. The van der Waals surface area contributed by atoms with Crippen LogP contribution in [0.4, 0.5) is 0 Å². The molecular weight excluding hydrogens is 276 g/mol. The lowest BCUT2D eigenvalue weighted by molar-refractivity contribution is 0.402. The molecule has 0 N–H and O–H groups in total. The van der Waals surface area contributed by atoms with Crippen LogP contribution in [0.1, 0.15) is 11.1 Å². The lowest BCUT2D eigenvalue weighted by Gasteiger charge is -2.07. The molecule has 0 atom stereocenters. The van der Waals surface area contributed by atoms with Gasteiger partial charge >= 0.3 is 0 Å². The number of hydrogen-bond donors (Lipinski definition) is 0. The zero-order chi connectivity index (χ0) is 15.4. The number of hydrogen-bond acceptors (Lipinski definition) is 4. The minimum Gasteiger partial charge on any atom is -0.497 e. The van der Waals surface area contributed by atoms with Crippen molar-refractivity contribution in [1.82, 2.24) is 10.2 Å². The van der Waals surface area contributed by atoms with Crippen molar-refractivity contribution < 1.29 is 9.47 Å². The quantitative estimate of drug-likeness (QED) is 0.733. The molecule has 1 heterocycles. The third-order valence-electron chi connectivity index (χ3n) is 3.46. The topological polar surface area (TPSA) is 44.2 Å². The van der Waals surface area contributed by atoms with E-state index in [-0.39, 0.29) is 0 Å². The highest BCUT2D eigenvalue weighted by molar-refractivity contribution is 5.90. The molecule has 3 rings (SSSR count). The largest absolute Gasteiger partial charge is 0.497 e. The third kappa shape index (κ3) is 2.76. The van der Waals surface area contributed by atoms with Crippen molar-refractivity contribution >= 4 is 23.1 Å². The highest BCUT2D eigenvalue weighted by Gasteiger charge is 2.03. The van der Waals surface area contributed by atoms with Crippen LogP contribution in [-0.4, -0.2) is 24.4 Å². The van der Waals surface area contributed by atoms with Crippen LogP contribution in [0.25, 0.3) is 23.1 Å². The normalized spacial score (nSPS) is 11.0. The van der Waals surface area contributed by atoms with Gasteiger partial charge in [-0.25, -0.2) is 0 Å². The molecule has 0 aliphatic heterocycles. The van der Waals surface area contributed by atoms with Crippen LogP contribution >= 0.6 is 0 Å². The van der Waals surface area contributed by atoms with E-state index < -0.39 is 0 Å². The van der Waals surface area contributed by atoms with Gasteiger partial charge in [-0.2, -0.15) is 10.2 Å². The molecule has 0 radical (unpaired) electrons. The summed E-state index contributed by atoms with van der Waals surface area (Å²) < 4.78 is 10.7. The fourth-order valence-corrected chi connectivity index (χ4v) is 2.31. The molecule has 2 aromatic carbocycles. The lowest BCUT2D eigenvalue weighted by atomic mass is 10.1. The van der Waals surface area contributed by atoms with Crippen LogP contribution in [0.2, 0.25) is 0 Å². The summed E-state index contributed by atoms with van der Waals surface area (Å²) in [6.07, 6.45) is 5.75. The Hall–Kier alpha value is -2.88. The summed E-state index contributed by atoms with van der Waals surface area (Å²) in [7, 11) is 3.30. The molecular formula is C18H16N2O2. The first-order valence-corrected chi connectivity index (χ1v) is 6.92. The second-order valence-corrected chi connectivity index (χ2v) is 4.76. The van der Waals surface area contributed by atoms with Crippen molar-refractivity contribution in [1.29, 1.82) is 0 Å². The van der Waals surface area contributed by atoms with Gasteiger partial charge in [0.05, 0.1) is 25.9 Å². The van der Waals surface area contributed by atoms with E-state index in [1.165, 1.54) is 0 Å². The van der Waals surface area contributed by atoms with Crippen LogP contribution in [0, 0.1) is 0 Å². The number of methoxy groups -OCH3 is 2. The first-order chi connectivity index (χ1) is 10.8. The Morgan fingerprint density at radius 2 is 1.73 bits per heavy atom. The maximum Gasteiger partial charge on any atom is 0.126 e. The molecule has 22 heavy (non-hydrogen) atoms. The summed E-state index contributed by atoms with van der Waals surface area (Å²) in [4.78, 5) is 0. The molecule has 0 bridgehead atoms. The Morgan fingerprint density at radius 3 is 2.55 bits per heavy atom. The number of benzene rings is 2. The van der Waals surface area contributed by atoms with Gasteiger partial charge in [0, 0.05) is 16.5 Å². The first kappa shape index (κ1) is 14.1. The highest BCUT2D eigenvalue weighted by atomic mass is 16.5. The molecule has 110 valence electrons. The number of aromatic nitrogens is 2. The van der Waals surface area contributed by atoms with Crippen molar-refractivity contribution in [3.63, 3.8) is 0 Å². The van der Waals surface area contributed by atoms with Crippen LogP contribution in [0.15, 0.2) is 48.7 Å². The molecule has 0 fully saturated rings. The molecule has 0 unspecified atom stereocenters. The predicted octanol–water partition coefficient (Wildman–Crippen LogP) is 3.82. The monoisotopic (exact) mass is 292 g/mol. The van der Waals surface area contributed by atoms with E-state index >= 15 is 0 Å². The van der Waals surface area contributed by atoms with E-state index in [9.17, 15) is 0 Å². The fraction of sp³-hybridized carbons (Fsp3) is 0.111. The van der Waals surface area contributed by atoms with E-state index in [0.717, 1.165) is 33.5 Å². The van der Waals surface area contributed by atoms with Crippen LogP contribution in [0.3, 0.4) is 0 Å². The Morgan fingerprint density at radius 1 is 0.909 bits per heavy atom. The fourth-order valence-electron chi connectivity index (χ4n) is 2.31. The van der Waals surface area contributed by atoms with Crippen molar-refractivity contribution in [3.05, 3.63) is 59.8 Å². The van der Waals surface area contributed by atoms with E-state index in [0.29, 0.717) is 0 Å². The standard InChI is InChI=1S/C18H16N2O2/c1-21-15-9-10-18(22-2)13(11-15)7-8-14-12-19-20-17-6-4-3-5-16(14)17/h3-12H,1-2H3/b8-7-. The predicted molar refractivity (Wildman–Crippen MR) is 88.0 cm³/mol. The molecule has 0 saturated carbocycles. The Labute approximate surface area is 129 Å². The second kappa shape index (κ2) is 6.26. The van der Waals surface area contributed by atoms with Gasteiger partial charge < -0.3 is 9.47 Å². The minimum absolute atomic E-state index is 0.790. The zero-order valence-electron chi connectivity index (χ0n) is 12.5. The van der Waals surface area contributed by atoms with E-state index in [4.69, 9.17) is 9.47 Å². The van der Waals surface area contributed by atoms with E-state index in [1.807, 2.05) is 54.6 Å². The molecule has 3 aromatic rings. The van der Waals surface area contributed by atoms with Crippen LogP contribution < -0.4 is 9.47 Å². The van der Waals surface area contributed by atoms with Gasteiger partial charge in [-0.15, -0.1) is 0 Å². The van der Waals surface area contributed by atoms with Crippen molar-refractivity contribution in [2.75, 3.05) is 14.2 Å². The van der Waals surface area contributed by atoms with E-state index in [1.54, 1.807) is 20.4 Å². The molecule has 0 amide bonds. The summed E-state index contributed by atoms with van der Waals surface area (Å²) in [5.74, 6) is 1.58. The molecule has 0 aliphatic carbocycles. The summed E-state index contributed by atoms with van der Waals surface area (Å²) in [5.41, 5.74) is 2.83. The molecule has 0 saturated heterocycles. The zero-order valence-corrected chi connectivity index (χ0v) is 12.5. The van der Waals surface area contributed by atoms with Crippen LogP contribution in [0.5, 0.6) is 11.5 Å². The van der Waals surface area contributed by atoms with Gasteiger partial charge in [0.25, 0.3) is 0 Å². The molecule has 1 aromatic heterocycles. The van der Waals surface area contributed by atoms with Crippen molar-refractivity contribution in [3.8, 4) is 11.5 Å². The Kier molecular flexibility index (Phi) is 4.01. The van der Waals surface area contributed by atoms with Gasteiger partial charge in [-0.1, -0.05) is 30.4 Å². The van der Waals surface area contributed by atoms with Crippen LogP contribution in [-0.2, 0) is 0 Å². The molecule has 0 aliphatic rings. The number of rotatable bonds is 4. The van der Waals surface area contributed by atoms with Gasteiger partial charge in [0.1, 0.15) is 11.5 Å². The number of fused-ring (bicyclic) bond motifs is 1. The van der Waals surface area contributed by atoms with Crippen molar-refractivity contribution in [2.45, 2.75) is 0 Å². The second-order valence-electron chi connectivity index (χ2n) is 4.76. The molecule has 0 spiro atoms. The van der Waals surface area contributed by atoms with Gasteiger partial charge in [0.2, 0.25) is 0 Å². The number of nitrogens with zero attached hydrogens (tertiary/aromatic N) is 2. The minimum atomic E-state index is 0.790. The van der Waals surface area contributed by atoms with Crippen molar-refractivity contribution in [2.24, 2.45) is 0 Å². The molecule has 4 heteroatoms. The Balaban J connectivity index is 2.03. The van der Waals surface area contributed by atoms with Gasteiger partial charge in [0.15, 0.2) is 0 Å². The Bertz CT molecular complexity index is 823. The average molecular weight is 292 g/mol. The SMILES string of the molecule is COc1ccc(OC)c(/C=C\c2cnnc3ccccc23)c1. The first-order valence-electron chi connectivity index (χ1n) is 6.92. The smallest absolute Gasteiger partial charge is 0.126 e. The van der Waals surface area contributed by atoms with Gasteiger partial charge in [-0.05, 0) is 24.3 Å². The lowest BCUT2D eigenvalue weighted by Crippen LogP contribution is -1.90. The summed E-state index contributed by atoms with van der Waals surface area (Å²) in [6.45, 7) is 0. The summed E-state index contributed by atoms with van der Waals surface area (Å²) in [6, 6.07) is 13.6. The third-order valence-corrected chi connectivity index (χ3v) is 3.46. The number of ether oxygens (including phenoxy) is 2. The maximum absolute atomic E-state index is 5.39. The average Bonchev–Trinajstić information content (AvgIpc) is 2.59. The van der Waals surface area contributed by atoms with Gasteiger partial charge in [-0.3, -0.25) is 0 Å². The summed E-state index contributed by atoms with van der Waals surface area (Å²) >= 11 is 0. The van der Waals surface area contributed by atoms with E-state index in [2.05, 4.69) is 10.2 Å².